The Morgan fingerprint density at radius 1 is 1.19 bits per heavy atom. The van der Waals surface area contributed by atoms with E-state index in [0.29, 0.717) is 24.4 Å². The summed E-state index contributed by atoms with van der Waals surface area (Å²) in [7, 11) is 0. The van der Waals surface area contributed by atoms with Crippen LogP contribution in [0.25, 0.3) is 0 Å². The van der Waals surface area contributed by atoms with E-state index in [1.54, 1.807) is 11.0 Å². The van der Waals surface area contributed by atoms with Crippen molar-refractivity contribution in [3.05, 3.63) is 53.5 Å². The van der Waals surface area contributed by atoms with Crippen molar-refractivity contribution in [2.45, 2.75) is 32.7 Å². The first-order chi connectivity index (χ1) is 12.5. The Morgan fingerprint density at radius 2 is 1.96 bits per heavy atom. The molecule has 1 aromatic carbocycles. The summed E-state index contributed by atoms with van der Waals surface area (Å²) in [6.07, 6.45) is 4.42. The summed E-state index contributed by atoms with van der Waals surface area (Å²) in [6, 6.07) is 7.52. The maximum atomic E-state index is 12.3. The highest BCUT2D eigenvalue weighted by atomic mass is 16.5. The van der Waals surface area contributed by atoms with E-state index in [1.807, 2.05) is 32.0 Å². The van der Waals surface area contributed by atoms with E-state index in [0.717, 1.165) is 18.4 Å². The van der Waals surface area contributed by atoms with Gasteiger partial charge in [0.2, 0.25) is 0 Å². The van der Waals surface area contributed by atoms with Gasteiger partial charge in [0.25, 0.3) is 11.8 Å². The van der Waals surface area contributed by atoms with Gasteiger partial charge < -0.3 is 19.4 Å². The Kier molecular flexibility index (Phi) is 5.61. The molecule has 0 atom stereocenters. The number of ether oxygens (including phenoxy) is 1. The van der Waals surface area contributed by atoms with Crippen LogP contribution < -0.4 is 10.1 Å². The van der Waals surface area contributed by atoms with E-state index in [-0.39, 0.29) is 24.5 Å². The second-order valence-electron chi connectivity index (χ2n) is 6.68. The number of nitrogens with zero attached hydrogens (tertiary/aromatic N) is 1. The number of nitrogens with one attached hydrogen (secondary N) is 1. The maximum Gasteiger partial charge on any atom is 0.258 e. The van der Waals surface area contributed by atoms with Gasteiger partial charge in [0.05, 0.1) is 11.8 Å². The van der Waals surface area contributed by atoms with Crippen LogP contribution in [0, 0.1) is 13.8 Å². The number of furan rings is 1. The molecule has 1 saturated heterocycles. The minimum Gasteiger partial charge on any atom is -0.484 e. The minimum absolute atomic E-state index is 0.00331. The van der Waals surface area contributed by atoms with Gasteiger partial charge in [-0.15, -0.1) is 0 Å². The third kappa shape index (κ3) is 4.45. The number of carbonyl (C=O) groups is 2. The maximum absolute atomic E-state index is 12.3. The molecular formula is C20H24N2O4. The highest BCUT2D eigenvalue weighted by Crippen LogP contribution is 2.17. The van der Waals surface area contributed by atoms with Crippen molar-refractivity contribution < 1.29 is 18.7 Å². The molecule has 1 fully saturated rings. The van der Waals surface area contributed by atoms with Crippen molar-refractivity contribution >= 4 is 11.8 Å². The Morgan fingerprint density at radius 3 is 2.62 bits per heavy atom. The first-order valence-corrected chi connectivity index (χ1v) is 8.84. The topological polar surface area (TPSA) is 71.8 Å². The van der Waals surface area contributed by atoms with Crippen LogP contribution in [0.2, 0.25) is 0 Å². The lowest BCUT2D eigenvalue weighted by Gasteiger charge is -2.32. The SMILES string of the molecule is Cc1ccc(OCC(=O)NC2CCN(C(=O)c3ccoc3)CC2)cc1C. The molecule has 6 nitrogen and oxygen atoms in total. The average Bonchev–Trinajstić information content (AvgIpc) is 3.17. The molecule has 1 aliphatic rings. The van der Waals surface area contributed by atoms with Crippen LogP contribution in [0.5, 0.6) is 5.75 Å². The van der Waals surface area contributed by atoms with E-state index >= 15 is 0 Å². The quantitative estimate of drug-likeness (QED) is 0.894. The van der Waals surface area contributed by atoms with Crippen LogP contribution in [-0.4, -0.2) is 42.5 Å². The van der Waals surface area contributed by atoms with Gasteiger partial charge in [-0.2, -0.15) is 0 Å². The second kappa shape index (κ2) is 8.08. The van der Waals surface area contributed by atoms with Crippen LogP contribution >= 0.6 is 0 Å². The summed E-state index contributed by atoms with van der Waals surface area (Å²) in [4.78, 5) is 26.2. The number of amides is 2. The highest BCUT2D eigenvalue weighted by molar-refractivity contribution is 5.93. The Bertz CT molecular complexity index is 762. The fraction of sp³-hybridized carbons (Fsp3) is 0.400. The molecule has 6 heteroatoms. The number of benzene rings is 1. The van der Waals surface area contributed by atoms with Gasteiger partial charge >= 0.3 is 0 Å². The number of piperidine rings is 1. The summed E-state index contributed by atoms with van der Waals surface area (Å²) in [5.41, 5.74) is 2.89. The molecule has 0 bridgehead atoms. The molecule has 3 rings (SSSR count). The minimum atomic E-state index is -0.136. The van der Waals surface area contributed by atoms with Crippen LogP contribution in [0.1, 0.15) is 34.3 Å². The summed E-state index contributed by atoms with van der Waals surface area (Å²) < 4.78 is 10.5. The molecule has 0 aliphatic carbocycles. The molecule has 0 radical (unpaired) electrons. The van der Waals surface area contributed by atoms with Crippen molar-refractivity contribution in [2.24, 2.45) is 0 Å². The Hall–Kier alpha value is -2.76. The summed E-state index contributed by atoms with van der Waals surface area (Å²) in [5, 5.41) is 2.99. The number of carbonyl (C=O) groups excluding carboxylic acids is 2. The number of rotatable bonds is 5. The standard InChI is InChI=1S/C20H24N2O4/c1-14-3-4-18(11-15(14)2)26-13-19(23)21-17-5-8-22(9-6-17)20(24)16-7-10-25-12-16/h3-4,7,10-12,17H,5-6,8-9,13H2,1-2H3,(H,21,23). The number of hydrogen-bond donors (Lipinski definition) is 1. The normalized spacial score (nSPS) is 14.9. The van der Waals surface area contributed by atoms with Crippen molar-refractivity contribution in [3.63, 3.8) is 0 Å². The van der Waals surface area contributed by atoms with Crippen LogP contribution in [0.15, 0.2) is 41.2 Å². The first kappa shape index (κ1) is 18.0. The fourth-order valence-electron chi connectivity index (χ4n) is 3.02. The number of hydrogen-bond acceptors (Lipinski definition) is 4. The van der Waals surface area contributed by atoms with E-state index in [9.17, 15) is 9.59 Å². The van der Waals surface area contributed by atoms with Crippen LogP contribution in [-0.2, 0) is 4.79 Å². The van der Waals surface area contributed by atoms with Gasteiger partial charge in [0.15, 0.2) is 6.61 Å². The van der Waals surface area contributed by atoms with Crippen LogP contribution in [0.4, 0.5) is 0 Å². The highest BCUT2D eigenvalue weighted by Gasteiger charge is 2.25. The lowest BCUT2D eigenvalue weighted by atomic mass is 10.0. The van der Waals surface area contributed by atoms with E-state index in [2.05, 4.69) is 5.32 Å². The number of likely N-dealkylation sites (tertiary alicyclic amines) is 1. The second-order valence-corrected chi connectivity index (χ2v) is 6.68. The lowest BCUT2D eigenvalue weighted by molar-refractivity contribution is -0.124. The molecule has 2 heterocycles. The lowest BCUT2D eigenvalue weighted by Crippen LogP contribution is -2.47. The molecular weight excluding hydrogens is 332 g/mol. The first-order valence-electron chi connectivity index (χ1n) is 8.84. The third-order valence-corrected chi connectivity index (χ3v) is 4.76. The van der Waals surface area contributed by atoms with Crippen molar-refractivity contribution in [2.75, 3.05) is 19.7 Å². The van der Waals surface area contributed by atoms with Gasteiger partial charge in [-0.3, -0.25) is 9.59 Å². The predicted octanol–water partition coefficient (Wildman–Crippen LogP) is 2.70. The van der Waals surface area contributed by atoms with Crippen LogP contribution in [0.3, 0.4) is 0 Å². The largest absolute Gasteiger partial charge is 0.484 e. The molecule has 138 valence electrons. The smallest absolute Gasteiger partial charge is 0.258 e. The van der Waals surface area contributed by atoms with E-state index in [1.165, 1.54) is 18.1 Å². The molecule has 1 N–H and O–H groups in total. The molecule has 1 aliphatic heterocycles. The number of aryl methyl sites for hydroxylation is 2. The fourth-order valence-corrected chi connectivity index (χ4v) is 3.02. The average molecular weight is 356 g/mol. The van der Waals surface area contributed by atoms with Gasteiger partial charge in [0.1, 0.15) is 12.0 Å². The zero-order chi connectivity index (χ0) is 18.5. The van der Waals surface area contributed by atoms with E-state index in [4.69, 9.17) is 9.15 Å². The molecule has 2 aromatic rings. The summed E-state index contributed by atoms with van der Waals surface area (Å²) >= 11 is 0. The molecule has 0 unspecified atom stereocenters. The van der Waals surface area contributed by atoms with Crippen molar-refractivity contribution in [3.8, 4) is 5.75 Å². The van der Waals surface area contributed by atoms with Gasteiger partial charge in [-0.25, -0.2) is 0 Å². The van der Waals surface area contributed by atoms with Gasteiger partial charge in [-0.05, 0) is 56.0 Å². The zero-order valence-corrected chi connectivity index (χ0v) is 15.2. The van der Waals surface area contributed by atoms with Gasteiger partial charge in [-0.1, -0.05) is 6.07 Å². The molecule has 1 aromatic heterocycles. The zero-order valence-electron chi connectivity index (χ0n) is 15.2. The molecule has 2 amide bonds. The predicted molar refractivity (Wildman–Crippen MR) is 97.2 cm³/mol. The monoisotopic (exact) mass is 356 g/mol. The summed E-state index contributed by atoms with van der Waals surface area (Å²) in [6.45, 7) is 5.28. The molecule has 0 saturated carbocycles. The van der Waals surface area contributed by atoms with E-state index < -0.39 is 0 Å². The van der Waals surface area contributed by atoms with Gasteiger partial charge in [0, 0.05) is 19.1 Å². The third-order valence-electron chi connectivity index (χ3n) is 4.76. The Balaban J connectivity index is 1.42. The molecule has 0 spiro atoms. The van der Waals surface area contributed by atoms with Crippen molar-refractivity contribution in [1.29, 1.82) is 0 Å². The molecule has 26 heavy (non-hydrogen) atoms. The van der Waals surface area contributed by atoms with Crippen molar-refractivity contribution in [1.82, 2.24) is 10.2 Å². The Labute approximate surface area is 153 Å². The summed E-state index contributed by atoms with van der Waals surface area (Å²) in [5.74, 6) is 0.535.